The zero-order valence-corrected chi connectivity index (χ0v) is 11.9. The van der Waals surface area contributed by atoms with Gasteiger partial charge in [0.15, 0.2) is 5.82 Å². The topological polar surface area (TPSA) is 45.5 Å². The highest BCUT2D eigenvalue weighted by Gasteiger charge is 2.33. The lowest BCUT2D eigenvalue weighted by Gasteiger charge is -2.27. The van der Waals surface area contributed by atoms with Gasteiger partial charge < -0.3 is 10.2 Å². The van der Waals surface area contributed by atoms with Crippen molar-refractivity contribution >= 4 is 11.3 Å². The molecule has 1 saturated heterocycles. The SMILES string of the molecule is Cc1cc2c(N(CC3CCCN3)C3CC3)nccn2n1. The second kappa shape index (κ2) is 4.74. The molecule has 1 unspecified atom stereocenters. The molecule has 3 heterocycles. The van der Waals surface area contributed by atoms with Crippen LogP contribution in [0.25, 0.3) is 5.52 Å². The Kier molecular flexibility index (Phi) is 2.88. The Balaban J connectivity index is 1.69. The minimum absolute atomic E-state index is 0.613. The highest BCUT2D eigenvalue weighted by atomic mass is 15.3. The second-order valence-electron chi connectivity index (χ2n) is 6.04. The second-order valence-corrected chi connectivity index (χ2v) is 6.04. The highest BCUT2D eigenvalue weighted by molar-refractivity contribution is 5.70. The van der Waals surface area contributed by atoms with E-state index in [1.165, 1.54) is 25.7 Å². The van der Waals surface area contributed by atoms with Crippen molar-refractivity contribution < 1.29 is 0 Å². The van der Waals surface area contributed by atoms with Crippen molar-refractivity contribution in [1.82, 2.24) is 19.9 Å². The van der Waals surface area contributed by atoms with Gasteiger partial charge in [0.1, 0.15) is 5.52 Å². The minimum atomic E-state index is 0.613. The van der Waals surface area contributed by atoms with E-state index in [0.717, 1.165) is 30.1 Å². The summed E-state index contributed by atoms with van der Waals surface area (Å²) in [5.41, 5.74) is 2.18. The van der Waals surface area contributed by atoms with Crippen molar-refractivity contribution in [1.29, 1.82) is 0 Å². The van der Waals surface area contributed by atoms with Crippen LogP contribution in [0.3, 0.4) is 0 Å². The summed E-state index contributed by atoms with van der Waals surface area (Å²) in [4.78, 5) is 7.16. The van der Waals surface area contributed by atoms with Crippen LogP contribution in [-0.2, 0) is 0 Å². The molecule has 1 aliphatic carbocycles. The van der Waals surface area contributed by atoms with Crippen LogP contribution in [-0.4, -0.2) is 39.8 Å². The molecule has 1 saturated carbocycles. The largest absolute Gasteiger partial charge is 0.350 e. The van der Waals surface area contributed by atoms with Gasteiger partial charge in [0.2, 0.25) is 0 Å². The van der Waals surface area contributed by atoms with Crippen LogP contribution in [0.1, 0.15) is 31.4 Å². The third-order valence-corrected chi connectivity index (χ3v) is 4.33. The molecule has 0 aromatic carbocycles. The number of rotatable bonds is 4. The van der Waals surface area contributed by atoms with Crippen LogP contribution < -0.4 is 10.2 Å². The molecule has 4 rings (SSSR count). The van der Waals surface area contributed by atoms with Gasteiger partial charge in [-0.1, -0.05) is 0 Å². The molecule has 2 aliphatic rings. The van der Waals surface area contributed by atoms with Crippen molar-refractivity contribution in [3.8, 4) is 0 Å². The maximum Gasteiger partial charge on any atom is 0.154 e. The summed E-state index contributed by atoms with van der Waals surface area (Å²) in [6, 6.07) is 3.42. The average molecular weight is 271 g/mol. The first-order valence-corrected chi connectivity index (χ1v) is 7.62. The fourth-order valence-electron chi connectivity index (χ4n) is 3.20. The van der Waals surface area contributed by atoms with E-state index in [1.807, 2.05) is 23.8 Å². The van der Waals surface area contributed by atoms with E-state index in [1.54, 1.807) is 0 Å². The van der Waals surface area contributed by atoms with E-state index in [-0.39, 0.29) is 0 Å². The normalized spacial score (nSPS) is 22.6. The number of hydrogen-bond donors (Lipinski definition) is 1. The van der Waals surface area contributed by atoms with Crippen LogP contribution in [0.5, 0.6) is 0 Å². The molecule has 0 radical (unpaired) electrons. The van der Waals surface area contributed by atoms with E-state index in [2.05, 4.69) is 26.4 Å². The summed E-state index contributed by atoms with van der Waals surface area (Å²) in [5, 5.41) is 8.10. The summed E-state index contributed by atoms with van der Waals surface area (Å²) in [5.74, 6) is 1.10. The van der Waals surface area contributed by atoms with Gasteiger partial charge in [-0.2, -0.15) is 5.10 Å². The number of fused-ring (bicyclic) bond motifs is 1. The highest BCUT2D eigenvalue weighted by Crippen LogP contribution is 2.33. The third-order valence-electron chi connectivity index (χ3n) is 4.33. The lowest BCUT2D eigenvalue weighted by Crippen LogP contribution is -2.39. The number of nitrogens with one attached hydrogen (secondary N) is 1. The molecule has 1 atom stereocenters. The quantitative estimate of drug-likeness (QED) is 0.920. The minimum Gasteiger partial charge on any atom is -0.350 e. The summed E-state index contributed by atoms with van der Waals surface area (Å²) in [6.45, 7) is 4.27. The van der Waals surface area contributed by atoms with Crippen LogP contribution in [0.4, 0.5) is 5.82 Å². The van der Waals surface area contributed by atoms with Gasteiger partial charge in [0.25, 0.3) is 0 Å². The molecule has 20 heavy (non-hydrogen) atoms. The molecule has 2 aromatic heterocycles. The molecule has 0 spiro atoms. The Labute approximate surface area is 119 Å². The van der Waals surface area contributed by atoms with Crippen molar-refractivity contribution in [3.05, 3.63) is 24.2 Å². The third kappa shape index (κ3) is 2.16. The van der Waals surface area contributed by atoms with Crippen molar-refractivity contribution in [2.24, 2.45) is 0 Å². The van der Waals surface area contributed by atoms with Gasteiger partial charge in [-0.15, -0.1) is 0 Å². The first-order chi connectivity index (χ1) is 9.81. The summed E-state index contributed by atoms with van der Waals surface area (Å²) in [6.07, 6.45) is 8.97. The summed E-state index contributed by atoms with van der Waals surface area (Å²) < 4.78 is 1.95. The Morgan fingerprint density at radius 3 is 3.05 bits per heavy atom. The molecule has 106 valence electrons. The molecule has 5 nitrogen and oxygen atoms in total. The van der Waals surface area contributed by atoms with Crippen LogP contribution >= 0.6 is 0 Å². The number of nitrogens with zero attached hydrogens (tertiary/aromatic N) is 4. The zero-order chi connectivity index (χ0) is 13.5. The maximum atomic E-state index is 4.66. The van der Waals surface area contributed by atoms with E-state index in [4.69, 9.17) is 0 Å². The van der Waals surface area contributed by atoms with Crippen LogP contribution in [0, 0.1) is 6.92 Å². The zero-order valence-electron chi connectivity index (χ0n) is 11.9. The average Bonchev–Trinajstić information content (AvgIpc) is 3.00. The molecule has 1 aliphatic heterocycles. The van der Waals surface area contributed by atoms with Crippen molar-refractivity contribution in [2.75, 3.05) is 18.0 Å². The molecule has 2 fully saturated rings. The molecular weight excluding hydrogens is 250 g/mol. The van der Waals surface area contributed by atoms with E-state index in [0.29, 0.717) is 12.1 Å². The molecule has 2 aromatic rings. The maximum absolute atomic E-state index is 4.66. The van der Waals surface area contributed by atoms with E-state index < -0.39 is 0 Å². The van der Waals surface area contributed by atoms with Crippen molar-refractivity contribution in [3.63, 3.8) is 0 Å². The Morgan fingerprint density at radius 2 is 2.30 bits per heavy atom. The molecule has 0 amide bonds. The fourth-order valence-corrected chi connectivity index (χ4v) is 3.20. The lowest BCUT2D eigenvalue weighted by atomic mass is 10.2. The Morgan fingerprint density at radius 1 is 1.40 bits per heavy atom. The number of aryl methyl sites for hydroxylation is 1. The van der Waals surface area contributed by atoms with Gasteiger partial charge in [0, 0.05) is 31.0 Å². The van der Waals surface area contributed by atoms with Gasteiger partial charge in [-0.05, 0) is 45.2 Å². The Hall–Kier alpha value is -1.62. The molecular formula is C15H21N5. The molecule has 0 bridgehead atoms. The summed E-state index contributed by atoms with van der Waals surface area (Å²) in [7, 11) is 0. The van der Waals surface area contributed by atoms with E-state index >= 15 is 0 Å². The number of hydrogen-bond acceptors (Lipinski definition) is 4. The van der Waals surface area contributed by atoms with Gasteiger partial charge in [-0.3, -0.25) is 0 Å². The van der Waals surface area contributed by atoms with Crippen LogP contribution in [0.2, 0.25) is 0 Å². The summed E-state index contributed by atoms with van der Waals surface area (Å²) >= 11 is 0. The molecule has 1 N–H and O–H groups in total. The predicted octanol–water partition coefficient (Wildman–Crippen LogP) is 1.76. The van der Waals surface area contributed by atoms with Gasteiger partial charge in [-0.25, -0.2) is 9.50 Å². The Bertz CT molecular complexity index is 610. The standard InChI is InChI=1S/C15H21N5/c1-11-9-14-15(17-7-8-20(14)18-11)19(13-4-5-13)10-12-3-2-6-16-12/h7-9,12-13,16H,2-6,10H2,1H3. The number of aromatic nitrogens is 3. The van der Waals surface area contributed by atoms with Gasteiger partial charge >= 0.3 is 0 Å². The van der Waals surface area contributed by atoms with Gasteiger partial charge in [0.05, 0.1) is 5.69 Å². The smallest absolute Gasteiger partial charge is 0.154 e. The van der Waals surface area contributed by atoms with E-state index in [9.17, 15) is 0 Å². The van der Waals surface area contributed by atoms with Crippen LogP contribution in [0.15, 0.2) is 18.5 Å². The number of anilines is 1. The predicted molar refractivity (Wildman–Crippen MR) is 79.1 cm³/mol. The molecule has 5 heteroatoms. The lowest BCUT2D eigenvalue weighted by molar-refractivity contribution is 0.576. The van der Waals surface area contributed by atoms with Crippen molar-refractivity contribution in [2.45, 2.75) is 44.7 Å². The monoisotopic (exact) mass is 271 g/mol. The first-order valence-electron chi connectivity index (χ1n) is 7.62. The first kappa shape index (κ1) is 12.1. The fraction of sp³-hybridized carbons (Fsp3) is 0.600.